The first-order valence-electron chi connectivity index (χ1n) is 8.81. The number of aliphatic hydroxyl groups excluding tert-OH is 1. The molecule has 0 aromatic carbocycles. The molecule has 1 atom stereocenters. The highest BCUT2D eigenvalue weighted by molar-refractivity contribution is 5.94. The van der Waals surface area contributed by atoms with Crippen LogP contribution in [-0.4, -0.2) is 59.1 Å². The summed E-state index contributed by atoms with van der Waals surface area (Å²) >= 11 is 0. The van der Waals surface area contributed by atoms with Crippen LogP contribution in [0.3, 0.4) is 0 Å². The van der Waals surface area contributed by atoms with E-state index < -0.39 is 35.4 Å². The molecule has 0 bridgehead atoms. The Morgan fingerprint density at radius 3 is 1.78 bits per heavy atom. The molecule has 27 heavy (non-hydrogen) atoms. The topological polar surface area (TPSA) is 102 Å². The second kappa shape index (κ2) is 10.3. The van der Waals surface area contributed by atoms with Crippen molar-refractivity contribution in [2.45, 2.75) is 78.6 Å². The summed E-state index contributed by atoms with van der Waals surface area (Å²) in [6.45, 7) is 11.5. The molecule has 0 aliphatic rings. The lowest BCUT2D eigenvalue weighted by molar-refractivity contribution is -0.146. The fourth-order valence-electron chi connectivity index (χ4n) is 1.99. The van der Waals surface area contributed by atoms with Crippen LogP contribution in [0.25, 0.3) is 0 Å². The molecule has 0 aliphatic heterocycles. The first-order valence-corrected chi connectivity index (χ1v) is 8.81. The summed E-state index contributed by atoms with van der Waals surface area (Å²) in [6.07, 6.45) is 0.180. The lowest BCUT2D eigenvalue weighted by Gasteiger charge is -2.32. The van der Waals surface area contributed by atoms with E-state index in [9.17, 15) is 14.4 Å². The van der Waals surface area contributed by atoms with Crippen molar-refractivity contribution in [3.63, 3.8) is 0 Å². The maximum absolute atomic E-state index is 12.6. The monoisotopic (exact) mass is 387 g/mol. The third-order valence-electron chi connectivity index (χ3n) is 3.15. The Kier molecular flexibility index (Phi) is 9.50. The van der Waals surface area contributed by atoms with Crippen LogP contribution in [0, 0.1) is 0 Å². The molecule has 1 unspecified atom stereocenters. The molecule has 0 radical (unpaired) electrons. The summed E-state index contributed by atoms with van der Waals surface area (Å²) in [5, 5.41) is 9.08. The SMILES string of the molecule is COC(=O)C(CC/C=C(/C)CO)N(C(=O)OC(C)(C)C)C(=O)OC(C)(C)C. The Balaban J connectivity index is 5.77. The number of hydrogen-bond acceptors (Lipinski definition) is 7. The van der Waals surface area contributed by atoms with Crippen molar-refractivity contribution in [2.75, 3.05) is 13.7 Å². The van der Waals surface area contributed by atoms with Gasteiger partial charge in [0.05, 0.1) is 13.7 Å². The van der Waals surface area contributed by atoms with Gasteiger partial charge in [-0.2, -0.15) is 4.90 Å². The van der Waals surface area contributed by atoms with Crippen LogP contribution in [0.1, 0.15) is 61.3 Å². The van der Waals surface area contributed by atoms with E-state index in [1.54, 1.807) is 54.5 Å². The van der Waals surface area contributed by atoms with Crippen molar-refractivity contribution in [1.29, 1.82) is 0 Å². The van der Waals surface area contributed by atoms with Crippen molar-refractivity contribution in [3.8, 4) is 0 Å². The van der Waals surface area contributed by atoms with Crippen LogP contribution in [0.15, 0.2) is 11.6 Å². The van der Waals surface area contributed by atoms with Gasteiger partial charge >= 0.3 is 18.2 Å². The first-order chi connectivity index (χ1) is 12.2. The van der Waals surface area contributed by atoms with Gasteiger partial charge in [0.15, 0.2) is 0 Å². The lowest BCUT2D eigenvalue weighted by Crippen LogP contribution is -2.52. The number of hydrogen-bond donors (Lipinski definition) is 1. The molecular weight excluding hydrogens is 354 g/mol. The predicted octanol–water partition coefficient (Wildman–Crippen LogP) is 3.42. The highest BCUT2D eigenvalue weighted by Crippen LogP contribution is 2.20. The van der Waals surface area contributed by atoms with Gasteiger partial charge in [-0.25, -0.2) is 14.4 Å². The molecule has 1 N–H and O–H groups in total. The van der Waals surface area contributed by atoms with Gasteiger partial charge in [0.1, 0.15) is 17.2 Å². The molecule has 8 nitrogen and oxygen atoms in total. The van der Waals surface area contributed by atoms with E-state index in [0.717, 1.165) is 0 Å². The molecule has 0 saturated carbocycles. The van der Waals surface area contributed by atoms with Gasteiger partial charge in [-0.15, -0.1) is 0 Å². The second-order valence-electron chi connectivity index (χ2n) is 8.16. The summed E-state index contributed by atoms with van der Waals surface area (Å²) in [6, 6.07) is -1.22. The van der Waals surface area contributed by atoms with Crippen LogP contribution in [0.2, 0.25) is 0 Å². The largest absolute Gasteiger partial charge is 0.467 e. The first kappa shape index (κ1) is 24.9. The van der Waals surface area contributed by atoms with Crippen molar-refractivity contribution in [3.05, 3.63) is 11.6 Å². The molecule has 8 heteroatoms. The smallest absolute Gasteiger partial charge is 0.420 e. The zero-order chi connectivity index (χ0) is 21.4. The number of imide groups is 1. The van der Waals surface area contributed by atoms with Gasteiger partial charge < -0.3 is 19.3 Å². The van der Waals surface area contributed by atoms with Crippen LogP contribution in [0.5, 0.6) is 0 Å². The molecule has 0 aromatic rings. The average Bonchev–Trinajstić information content (AvgIpc) is 2.49. The van der Waals surface area contributed by atoms with Gasteiger partial charge in [-0.05, 0) is 61.3 Å². The molecule has 0 rings (SSSR count). The van der Waals surface area contributed by atoms with Crippen molar-refractivity contribution < 1.29 is 33.7 Å². The Morgan fingerprint density at radius 1 is 1.00 bits per heavy atom. The number of amides is 2. The summed E-state index contributed by atoms with van der Waals surface area (Å²) in [5.74, 6) is -0.762. The third-order valence-corrected chi connectivity index (χ3v) is 3.15. The summed E-state index contributed by atoms with van der Waals surface area (Å²) < 4.78 is 15.3. The Morgan fingerprint density at radius 2 is 1.44 bits per heavy atom. The minimum absolute atomic E-state index is 0.0997. The van der Waals surface area contributed by atoms with E-state index in [1.807, 2.05) is 0 Å². The van der Waals surface area contributed by atoms with Crippen molar-refractivity contribution in [2.24, 2.45) is 0 Å². The molecule has 156 valence electrons. The van der Waals surface area contributed by atoms with E-state index in [4.69, 9.17) is 19.3 Å². The molecule has 0 heterocycles. The second-order valence-corrected chi connectivity index (χ2v) is 8.16. The number of methoxy groups -OCH3 is 1. The van der Waals surface area contributed by atoms with Crippen LogP contribution in [-0.2, 0) is 19.0 Å². The molecule has 0 spiro atoms. The molecule has 0 aliphatic carbocycles. The average molecular weight is 387 g/mol. The number of nitrogens with zero attached hydrogens (tertiary/aromatic N) is 1. The highest BCUT2D eigenvalue weighted by atomic mass is 16.6. The number of allylic oxidation sites excluding steroid dienone is 1. The number of carbonyl (C=O) groups excluding carboxylic acids is 3. The molecule has 0 fully saturated rings. The van der Waals surface area contributed by atoms with Gasteiger partial charge in [0.25, 0.3) is 0 Å². The third kappa shape index (κ3) is 9.98. The quantitative estimate of drug-likeness (QED) is 0.423. The van der Waals surface area contributed by atoms with Gasteiger partial charge in [0.2, 0.25) is 0 Å². The normalized spacial score (nSPS) is 13.6. The van der Waals surface area contributed by atoms with E-state index in [1.165, 1.54) is 7.11 Å². The van der Waals surface area contributed by atoms with Crippen LogP contribution in [0.4, 0.5) is 9.59 Å². The number of esters is 1. The fraction of sp³-hybridized carbons (Fsp3) is 0.737. The zero-order valence-corrected chi connectivity index (χ0v) is 17.6. The van der Waals surface area contributed by atoms with Crippen molar-refractivity contribution in [1.82, 2.24) is 4.90 Å². The van der Waals surface area contributed by atoms with Crippen LogP contribution >= 0.6 is 0 Å². The lowest BCUT2D eigenvalue weighted by atomic mass is 10.1. The molecule has 2 amide bonds. The summed E-state index contributed by atoms with van der Waals surface area (Å²) in [4.78, 5) is 38.2. The Hall–Kier alpha value is -2.09. The van der Waals surface area contributed by atoms with Gasteiger partial charge in [0, 0.05) is 0 Å². The van der Waals surface area contributed by atoms with Gasteiger partial charge in [-0.1, -0.05) is 11.6 Å². The summed E-state index contributed by atoms with van der Waals surface area (Å²) in [7, 11) is 1.17. The van der Waals surface area contributed by atoms with Crippen LogP contribution < -0.4 is 0 Å². The molecular formula is C19H33NO7. The number of rotatable bonds is 6. The molecule has 0 aromatic heterocycles. The molecule has 0 saturated heterocycles. The van der Waals surface area contributed by atoms with Crippen molar-refractivity contribution >= 4 is 18.2 Å². The predicted molar refractivity (Wildman–Crippen MR) is 100 cm³/mol. The van der Waals surface area contributed by atoms with E-state index in [0.29, 0.717) is 16.9 Å². The maximum Gasteiger partial charge on any atom is 0.420 e. The van der Waals surface area contributed by atoms with E-state index >= 15 is 0 Å². The van der Waals surface area contributed by atoms with E-state index in [2.05, 4.69) is 0 Å². The summed E-state index contributed by atoms with van der Waals surface area (Å²) in [5.41, 5.74) is -1.03. The number of carbonyl (C=O) groups is 3. The minimum atomic E-state index is -1.22. The fourth-order valence-corrected chi connectivity index (χ4v) is 1.99. The van der Waals surface area contributed by atoms with Gasteiger partial charge in [-0.3, -0.25) is 0 Å². The van der Waals surface area contributed by atoms with E-state index in [-0.39, 0.29) is 13.0 Å². The number of ether oxygens (including phenoxy) is 3. The number of aliphatic hydroxyl groups is 1. The standard InChI is InChI=1S/C19H33NO7/c1-13(12-21)10-9-11-14(15(22)25-8)20(16(23)26-18(2,3)4)17(24)27-19(5,6)7/h10,14,21H,9,11-12H2,1-8H3/b13-10-. The zero-order valence-electron chi connectivity index (χ0n) is 17.6. The highest BCUT2D eigenvalue weighted by Gasteiger charge is 2.40. The minimum Gasteiger partial charge on any atom is -0.467 e. The maximum atomic E-state index is 12.6. The Bertz CT molecular complexity index is 527. The Labute approximate surface area is 161 Å².